The van der Waals surface area contributed by atoms with Crippen LogP contribution in [-0.2, 0) is 23.0 Å². The van der Waals surface area contributed by atoms with Gasteiger partial charge in [-0.15, -0.1) is 0 Å². The minimum Gasteiger partial charge on any atom is -0.294 e. The van der Waals surface area contributed by atoms with Crippen LogP contribution in [0.1, 0.15) is 31.4 Å². The first-order valence-electron chi connectivity index (χ1n) is 7.78. The number of sulfonamides is 1. The summed E-state index contributed by atoms with van der Waals surface area (Å²) in [6, 6.07) is 8.95. The van der Waals surface area contributed by atoms with Crippen molar-refractivity contribution < 1.29 is 8.42 Å². The largest absolute Gasteiger partial charge is 0.294 e. The zero-order chi connectivity index (χ0) is 15.0. The fraction of sp³-hybridized carbons (Fsp3) is 0.625. The second kappa shape index (κ2) is 5.71. The van der Waals surface area contributed by atoms with Crippen LogP contribution in [0.5, 0.6) is 0 Å². The van der Waals surface area contributed by atoms with Gasteiger partial charge in [-0.25, -0.2) is 12.7 Å². The Morgan fingerprint density at radius 1 is 1.14 bits per heavy atom. The maximum Gasteiger partial charge on any atom is 0.216 e. The molecule has 1 unspecified atom stereocenters. The lowest BCUT2D eigenvalue weighted by Gasteiger charge is -2.33. The van der Waals surface area contributed by atoms with Crippen LogP contribution in [0.3, 0.4) is 0 Å². The van der Waals surface area contributed by atoms with Gasteiger partial charge in [0.25, 0.3) is 0 Å². The number of hydrogen-bond acceptors (Lipinski definition) is 3. The topological polar surface area (TPSA) is 40.6 Å². The van der Waals surface area contributed by atoms with Crippen LogP contribution in [0.15, 0.2) is 24.3 Å². The Hall–Kier alpha value is -0.910. The van der Waals surface area contributed by atoms with Crippen molar-refractivity contribution in [1.82, 2.24) is 9.21 Å². The summed E-state index contributed by atoms with van der Waals surface area (Å²) in [5.41, 5.74) is 2.84. The number of benzene rings is 1. The summed E-state index contributed by atoms with van der Waals surface area (Å²) in [5, 5.41) is -0.321. The van der Waals surface area contributed by atoms with Gasteiger partial charge in [0.15, 0.2) is 0 Å². The molecular weight excluding hydrogens is 284 g/mol. The van der Waals surface area contributed by atoms with Gasteiger partial charge in [-0.05, 0) is 37.8 Å². The number of fused-ring (bicyclic) bond motifs is 1. The Kier molecular flexibility index (Phi) is 4.08. The van der Waals surface area contributed by atoms with Gasteiger partial charge in [0, 0.05) is 32.2 Å². The van der Waals surface area contributed by atoms with Crippen molar-refractivity contribution in [2.24, 2.45) is 0 Å². The third kappa shape index (κ3) is 2.87. The minimum atomic E-state index is -3.10. The molecule has 1 aromatic rings. The molecule has 1 saturated heterocycles. The first-order chi connectivity index (χ1) is 9.98. The highest BCUT2D eigenvalue weighted by Crippen LogP contribution is 2.26. The van der Waals surface area contributed by atoms with E-state index in [-0.39, 0.29) is 5.25 Å². The summed E-state index contributed by atoms with van der Waals surface area (Å²) in [6.45, 7) is 6.85. The summed E-state index contributed by atoms with van der Waals surface area (Å²) in [5.74, 6) is 0. The molecule has 0 N–H and O–H groups in total. The molecular formula is C16H24N2O2S. The van der Waals surface area contributed by atoms with Crippen molar-refractivity contribution in [3.8, 4) is 0 Å². The fourth-order valence-electron chi connectivity index (χ4n) is 3.37. The Bertz CT molecular complexity index is 612. The van der Waals surface area contributed by atoms with E-state index in [1.807, 2.05) is 0 Å². The first-order valence-corrected chi connectivity index (χ1v) is 9.28. The van der Waals surface area contributed by atoms with Gasteiger partial charge in [0.05, 0.1) is 5.25 Å². The molecule has 0 aliphatic carbocycles. The van der Waals surface area contributed by atoms with E-state index in [2.05, 4.69) is 29.2 Å². The Morgan fingerprint density at radius 2 is 1.86 bits per heavy atom. The summed E-state index contributed by atoms with van der Waals surface area (Å²) in [7, 11) is -3.10. The number of nitrogens with zero attached hydrogens (tertiary/aromatic N) is 2. The molecule has 0 saturated carbocycles. The molecule has 0 spiro atoms. The average molecular weight is 308 g/mol. The Morgan fingerprint density at radius 3 is 2.57 bits per heavy atom. The monoisotopic (exact) mass is 308 g/mol. The molecule has 0 aromatic heterocycles. The average Bonchev–Trinajstić information content (AvgIpc) is 2.97. The predicted molar refractivity (Wildman–Crippen MR) is 84.6 cm³/mol. The van der Waals surface area contributed by atoms with Gasteiger partial charge in [0.2, 0.25) is 10.0 Å². The number of rotatable bonds is 3. The van der Waals surface area contributed by atoms with Crippen molar-refractivity contribution in [2.75, 3.05) is 19.6 Å². The molecule has 0 amide bonds. The number of hydrogen-bond donors (Lipinski definition) is 0. The molecule has 1 atom stereocenters. The molecule has 2 aliphatic heterocycles. The first kappa shape index (κ1) is 15.0. The van der Waals surface area contributed by atoms with Gasteiger partial charge < -0.3 is 0 Å². The van der Waals surface area contributed by atoms with Crippen LogP contribution in [0.4, 0.5) is 0 Å². The molecule has 0 bridgehead atoms. The van der Waals surface area contributed by atoms with Crippen molar-refractivity contribution >= 4 is 10.0 Å². The van der Waals surface area contributed by atoms with E-state index in [4.69, 9.17) is 0 Å². The minimum absolute atomic E-state index is 0.321. The standard InChI is InChI=1S/C16H24N2O2S/c1-13(2)21(19,20)18-10-8-16(12-18)17-9-7-14-5-3-4-6-15(14)11-17/h3-6,13,16H,7-12H2,1-2H3. The Labute approximate surface area is 127 Å². The van der Waals surface area contributed by atoms with Crippen LogP contribution < -0.4 is 0 Å². The van der Waals surface area contributed by atoms with E-state index in [0.717, 1.165) is 25.9 Å². The van der Waals surface area contributed by atoms with Gasteiger partial charge in [-0.1, -0.05) is 24.3 Å². The van der Waals surface area contributed by atoms with Crippen LogP contribution in [0.2, 0.25) is 0 Å². The van der Waals surface area contributed by atoms with Crippen LogP contribution in [0, 0.1) is 0 Å². The molecule has 2 heterocycles. The van der Waals surface area contributed by atoms with E-state index < -0.39 is 10.0 Å². The second-order valence-corrected chi connectivity index (χ2v) is 8.87. The molecule has 2 aliphatic rings. The maximum atomic E-state index is 12.3. The zero-order valence-corrected chi connectivity index (χ0v) is 13.6. The molecule has 1 aromatic carbocycles. The van der Waals surface area contributed by atoms with Crippen molar-refractivity contribution in [3.63, 3.8) is 0 Å². The highest BCUT2D eigenvalue weighted by molar-refractivity contribution is 7.89. The van der Waals surface area contributed by atoms with E-state index in [1.165, 1.54) is 11.1 Å². The lowest BCUT2D eigenvalue weighted by Crippen LogP contribution is -2.42. The van der Waals surface area contributed by atoms with Gasteiger partial charge in [-0.3, -0.25) is 4.90 Å². The predicted octanol–water partition coefficient (Wildman–Crippen LogP) is 1.86. The molecule has 4 nitrogen and oxygen atoms in total. The Balaban J connectivity index is 1.68. The molecule has 0 radical (unpaired) electrons. The smallest absolute Gasteiger partial charge is 0.216 e. The lowest BCUT2D eigenvalue weighted by molar-refractivity contribution is 0.185. The van der Waals surface area contributed by atoms with Crippen LogP contribution in [-0.4, -0.2) is 48.5 Å². The van der Waals surface area contributed by atoms with Crippen LogP contribution in [0.25, 0.3) is 0 Å². The third-order valence-corrected chi connectivity index (χ3v) is 7.00. The van der Waals surface area contributed by atoms with E-state index in [1.54, 1.807) is 18.2 Å². The van der Waals surface area contributed by atoms with Gasteiger partial charge >= 0.3 is 0 Å². The highest BCUT2D eigenvalue weighted by Gasteiger charge is 2.36. The zero-order valence-electron chi connectivity index (χ0n) is 12.8. The molecule has 1 fully saturated rings. The molecule has 116 valence electrons. The second-order valence-electron chi connectivity index (χ2n) is 6.38. The SMILES string of the molecule is CC(C)S(=O)(=O)N1CCC(N2CCc3ccccc3C2)C1. The summed E-state index contributed by atoms with van der Waals surface area (Å²) in [6.07, 6.45) is 2.03. The van der Waals surface area contributed by atoms with Crippen molar-refractivity contribution in [3.05, 3.63) is 35.4 Å². The van der Waals surface area contributed by atoms with Gasteiger partial charge in [0.1, 0.15) is 0 Å². The molecule has 21 heavy (non-hydrogen) atoms. The maximum absolute atomic E-state index is 12.3. The summed E-state index contributed by atoms with van der Waals surface area (Å²) >= 11 is 0. The normalized spacial score (nSPS) is 24.4. The van der Waals surface area contributed by atoms with Gasteiger partial charge in [-0.2, -0.15) is 0 Å². The summed E-state index contributed by atoms with van der Waals surface area (Å²) < 4.78 is 26.2. The van der Waals surface area contributed by atoms with Crippen LogP contribution >= 0.6 is 0 Å². The summed E-state index contributed by atoms with van der Waals surface area (Å²) in [4.78, 5) is 2.46. The van der Waals surface area contributed by atoms with Crippen molar-refractivity contribution in [1.29, 1.82) is 0 Å². The lowest BCUT2D eigenvalue weighted by atomic mass is 9.98. The third-order valence-electron chi connectivity index (χ3n) is 4.76. The van der Waals surface area contributed by atoms with E-state index >= 15 is 0 Å². The fourth-order valence-corrected chi connectivity index (χ4v) is 4.70. The molecule has 5 heteroatoms. The van der Waals surface area contributed by atoms with E-state index in [0.29, 0.717) is 19.1 Å². The van der Waals surface area contributed by atoms with E-state index in [9.17, 15) is 8.42 Å². The quantitative estimate of drug-likeness (QED) is 0.856. The highest BCUT2D eigenvalue weighted by atomic mass is 32.2. The van der Waals surface area contributed by atoms with Crippen molar-refractivity contribution in [2.45, 2.75) is 44.5 Å². The molecule has 3 rings (SSSR count).